The largest absolute Gasteiger partial charge is 0.363 e. The van der Waals surface area contributed by atoms with Crippen molar-refractivity contribution in [1.29, 1.82) is 0 Å². The standard InChI is InChI=1S/C8H16N2S2/c1-3-9-8(11)10(2)7-4-5-12-6-7/h7H,3-6H2,1-2H3,(H,9,11). The predicted octanol–water partition coefficient (Wildman–Crippen LogP) is 1.32. The molecule has 1 heterocycles. The number of nitrogens with one attached hydrogen (secondary N) is 1. The van der Waals surface area contributed by atoms with Crippen LogP contribution in [-0.2, 0) is 0 Å². The molecular formula is C8H16N2S2. The average Bonchev–Trinajstić information content (AvgIpc) is 2.55. The Labute approximate surface area is 84.1 Å². The second-order valence-corrected chi connectivity index (χ2v) is 4.50. The van der Waals surface area contributed by atoms with Crippen LogP contribution in [0.4, 0.5) is 0 Å². The van der Waals surface area contributed by atoms with Gasteiger partial charge in [-0.25, -0.2) is 0 Å². The zero-order valence-corrected chi connectivity index (χ0v) is 9.30. The van der Waals surface area contributed by atoms with Crippen molar-refractivity contribution in [2.24, 2.45) is 0 Å². The normalized spacial score (nSPS) is 22.3. The summed E-state index contributed by atoms with van der Waals surface area (Å²) >= 11 is 7.23. The summed E-state index contributed by atoms with van der Waals surface area (Å²) in [7, 11) is 2.08. The minimum Gasteiger partial charge on any atom is -0.363 e. The Morgan fingerprint density at radius 3 is 3.00 bits per heavy atom. The molecule has 0 aromatic carbocycles. The lowest BCUT2D eigenvalue weighted by molar-refractivity contribution is 0.392. The molecule has 12 heavy (non-hydrogen) atoms. The van der Waals surface area contributed by atoms with Gasteiger partial charge in [-0.2, -0.15) is 11.8 Å². The molecule has 0 aliphatic carbocycles. The van der Waals surface area contributed by atoms with Crippen LogP contribution in [0.2, 0.25) is 0 Å². The smallest absolute Gasteiger partial charge is 0.168 e. The van der Waals surface area contributed by atoms with Gasteiger partial charge in [0.25, 0.3) is 0 Å². The topological polar surface area (TPSA) is 15.3 Å². The molecule has 1 rings (SSSR count). The molecule has 1 aliphatic rings. The van der Waals surface area contributed by atoms with Gasteiger partial charge in [-0.15, -0.1) is 0 Å². The second kappa shape index (κ2) is 4.92. The highest BCUT2D eigenvalue weighted by Gasteiger charge is 2.21. The van der Waals surface area contributed by atoms with E-state index in [9.17, 15) is 0 Å². The van der Waals surface area contributed by atoms with E-state index in [1.807, 2.05) is 11.8 Å². The van der Waals surface area contributed by atoms with Gasteiger partial charge < -0.3 is 10.2 Å². The van der Waals surface area contributed by atoms with Gasteiger partial charge in [0.15, 0.2) is 5.11 Å². The van der Waals surface area contributed by atoms with Gasteiger partial charge in [-0.3, -0.25) is 0 Å². The van der Waals surface area contributed by atoms with E-state index in [-0.39, 0.29) is 0 Å². The molecule has 1 saturated heterocycles. The molecule has 1 fully saturated rings. The van der Waals surface area contributed by atoms with Gasteiger partial charge in [-0.05, 0) is 31.3 Å². The third-order valence-corrected chi connectivity index (χ3v) is 3.68. The Bertz CT molecular complexity index is 155. The molecule has 0 bridgehead atoms. The van der Waals surface area contributed by atoms with Crippen LogP contribution < -0.4 is 5.32 Å². The van der Waals surface area contributed by atoms with Gasteiger partial charge in [0.2, 0.25) is 0 Å². The number of hydrogen-bond donors (Lipinski definition) is 1. The van der Waals surface area contributed by atoms with Crippen LogP contribution in [0.15, 0.2) is 0 Å². The van der Waals surface area contributed by atoms with Gasteiger partial charge >= 0.3 is 0 Å². The maximum Gasteiger partial charge on any atom is 0.168 e. The van der Waals surface area contributed by atoms with Gasteiger partial charge in [0.1, 0.15) is 0 Å². The van der Waals surface area contributed by atoms with Crippen LogP contribution in [0.3, 0.4) is 0 Å². The molecule has 1 unspecified atom stereocenters. The number of hydrogen-bond acceptors (Lipinski definition) is 2. The first-order valence-electron chi connectivity index (χ1n) is 4.34. The lowest BCUT2D eigenvalue weighted by Gasteiger charge is -2.26. The van der Waals surface area contributed by atoms with Crippen molar-refractivity contribution >= 4 is 29.1 Å². The number of thiocarbonyl (C=S) groups is 1. The first kappa shape index (κ1) is 10.1. The Balaban J connectivity index is 2.34. The summed E-state index contributed by atoms with van der Waals surface area (Å²) in [6, 6.07) is 0.654. The molecule has 0 spiro atoms. The Kier molecular flexibility index (Phi) is 4.15. The predicted molar refractivity (Wildman–Crippen MR) is 59.8 cm³/mol. The first-order chi connectivity index (χ1) is 5.75. The molecule has 2 nitrogen and oxygen atoms in total. The molecular weight excluding hydrogens is 188 g/mol. The highest BCUT2D eigenvalue weighted by Crippen LogP contribution is 2.21. The van der Waals surface area contributed by atoms with Crippen molar-refractivity contribution in [1.82, 2.24) is 10.2 Å². The van der Waals surface area contributed by atoms with Crippen molar-refractivity contribution in [3.8, 4) is 0 Å². The maximum atomic E-state index is 5.22. The molecule has 0 aromatic rings. The molecule has 0 radical (unpaired) electrons. The summed E-state index contributed by atoms with van der Waals surface area (Å²) in [4.78, 5) is 2.19. The van der Waals surface area contributed by atoms with Gasteiger partial charge in [0, 0.05) is 25.4 Å². The first-order valence-corrected chi connectivity index (χ1v) is 5.90. The van der Waals surface area contributed by atoms with Crippen molar-refractivity contribution < 1.29 is 0 Å². The minimum absolute atomic E-state index is 0.654. The maximum absolute atomic E-state index is 5.22. The molecule has 0 aromatic heterocycles. The molecule has 4 heteroatoms. The Morgan fingerprint density at radius 1 is 1.75 bits per heavy atom. The van der Waals surface area contributed by atoms with Crippen LogP contribution in [0.25, 0.3) is 0 Å². The third kappa shape index (κ3) is 2.52. The zero-order chi connectivity index (χ0) is 8.97. The lowest BCUT2D eigenvalue weighted by Crippen LogP contribution is -2.43. The molecule has 1 atom stereocenters. The fourth-order valence-electron chi connectivity index (χ4n) is 1.27. The van der Waals surface area contributed by atoms with E-state index < -0.39 is 0 Å². The summed E-state index contributed by atoms with van der Waals surface area (Å²) in [6.07, 6.45) is 1.27. The third-order valence-electron chi connectivity index (χ3n) is 2.10. The highest BCUT2D eigenvalue weighted by atomic mass is 32.2. The van der Waals surface area contributed by atoms with Crippen LogP contribution in [0.5, 0.6) is 0 Å². The van der Waals surface area contributed by atoms with Crippen LogP contribution in [-0.4, -0.2) is 41.2 Å². The molecule has 1 aliphatic heterocycles. The van der Waals surface area contributed by atoms with Crippen LogP contribution in [0.1, 0.15) is 13.3 Å². The molecule has 0 saturated carbocycles. The quantitative estimate of drug-likeness (QED) is 0.682. The van der Waals surface area contributed by atoms with E-state index in [1.54, 1.807) is 0 Å². The van der Waals surface area contributed by atoms with E-state index in [0.717, 1.165) is 11.7 Å². The van der Waals surface area contributed by atoms with Crippen molar-refractivity contribution in [3.05, 3.63) is 0 Å². The van der Waals surface area contributed by atoms with Crippen molar-refractivity contribution in [2.45, 2.75) is 19.4 Å². The highest BCUT2D eigenvalue weighted by molar-refractivity contribution is 7.99. The van der Waals surface area contributed by atoms with Crippen LogP contribution >= 0.6 is 24.0 Å². The SMILES string of the molecule is CCNC(=S)N(C)C1CCSC1. The molecule has 70 valence electrons. The van der Waals surface area contributed by atoms with Gasteiger partial charge in [0.05, 0.1) is 0 Å². The fraction of sp³-hybridized carbons (Fsp3) is 0.875. The van der Waals surface area contributed by atoms with E-state index in [2.05, 4.69) is 24.2 Å². The van der Waals surface area contributed by atoms with E-state index in [4.69, 9.17) is 12.2 Å². The van der Waals surface area contributed by atoms with E-state index >= 15 is 0 Å². The number of nitrogens with zero attached hydrogens (tertiary/aromatic N) is 1. The zero-order valence-electron chi connectivity index (χ0n) is 7.67. The van der Waals surface area contributed by atoms with Crippen molar-refractivity contribution in [2.75, 3.05) is 25.1 Å². The van der Waals surface area contributed by atoms with E-state index in [0.29, 0.717) is 6.04 Å². The summed E-state index contributed by atoms with van der Waals surface area (Å²) < 4.78 is 0. The van der Waals surface area contributed by atoms with E-state index in [1.165, 1.54) is 17.9 Å². The Hall–Kier alpha value is 0.0400. The van der Waals surface area contributed by atoms with Gasteiger partial charge in [-0.1, -0.05) is 0 Å². The van der Waals surface area contributed by atoms with Crippen molar-refractivity contribution in [3.63, 3.8) is 0 Å². The number of rotatable bonds is 2. The second-order valence-electron chi connectivity index (χ2n) is 2.96. The molecule has 0 amide bonds. The average molecular weight is 204 g/mol. The summed E-state index contributed by atoms with van der Waals surface area (Å²) in [5, 5.41) is 4.06. The molecule has 1 N–H and O–H groups in total. The minimum atomic E-state index is 0.654. The number of thioether (sulfide) groups is 1. The van der Waals surface area contributed by atoms with Crippen LogP contribution in [0, 0.1) is 0 Å². The lowest BCUT2D eigenvalue weighted by atomic mass is 10.2. The Morgan fingerprint density at radius 2 is 2.50 bits per heavy atom. The summed E-state index contributed by atoms with van der Waals surface area (Å²) in [5.74, 6) is 2.51. The summed E-state index contributed by atoms with van der Waals surface area (Å²) in [5.41, 5.74) is 0. The summed E-state index contributed by atoms with van der Waals surface area (Å²) in [6.45, 7) is 2.99. The fourth-order valence-corrected chi connectivity index (χ4v) is 2.83. The monoisotopic (exact) mass is 204 g/mol.